The van der Waals surface area contributed by atoms with Gasteiger partial charge in [-0.05, 0) is 0 Å². The van der Waals surface area contributed by atoms with Crippen LogP contribution in [-0.4, -0.2) is 37.2 Å². The molecule has 2 atom stereocenters. The van der Waals surface area contributed by atoms with Crippen LogP contribution in [0.15, 0.2) is 6.20 Å². The highest BCUT2D eigenvalue weighted by Crippen LogP contribution is 2.12. The topological polar surface area (TPSA) is 114 Å². The molecule has 72 valence electrons. The number of aliphatic hydroxyl groups is 1. The molecule has 2 unspecified atom stereocenters. The second-order valence-electron chi connectivity index (χ2n) is 2.59. The Morgan fingerprint density at radius 1 is 1.77 bits per heavy atom. The summed E-state index contributed by atoms with van der Waals surface area (Å²) in [5.74, 6) is -1.27. The number of aliphatic hydroxyl groups excluding tert-OH is 1. The van der Waals surface area contributed by atoms with E-state index in [4.69, 9.17) is 10.8 Å². The second-order valence-corrected chi connectivity index (χ2v) is 2.59. The number of hydrogen-bond acceptors (Lipinski definition) is 5. The van der Waals surface area contributed by atoms with Crippen molar-refractivity contribution in [2.45, 2.75) is 12.1 Å². The van der Waals surface area contributed by atoms with E-state index in [-0.39, 0.29) is 5.69 Å². The number of nitrogens with zero attached hydrogens (tertiary/aromatic N) is 3. The fourth-order valence-electron chi connectivity index (χ4n) is 0.884. The first kappa shape index (κ1) is 9.62. The number of hydrogen-bond donors (Lipinski definition) is 3. The minimum atomic E-state index is -1.36. The van der Waals surface area contributed by atoms with Gasteiger partial charge in [0.05, 0.1) is 11.9 Å². The molecule has 0 aromatic carbocycles. The van der Waals surface area contributed by atoms with Crippen LogP contribution < -0.4 is 5.73 Å². The van der Waals surface area contributed by atoms with Gasteiger partial charge < -0.3 is 15.9 Å². The third kappa shape index (κ3) is 1.82. The van der Waals surface area contributed by atoms with Crippen molar-refractivity contribution in [1.82, 2.24) is 15.0 Å². The molecule has 1 aromatic rings. The third-order valence-corrected chi connectivity index (χ3v) is 1.68. The lowest BCUT2D eigenvalue weighted by Crippen LogP contribution is -2.37. The summed E-state index contributed by atoms with van der Waals surface area (Å²) in [5.41, 5.74) is 5.47. The van der Waals surface area contributed by atoms with Crippen molar-refractivity contribution < 1.29 is 15.0 Å². The highest BCUT2D eigenvalue weighted by atomic mass is 16.4. The number of aliphatic carboxylic acids is 1. The van der Waals surface area contributed by atoms with Gasteiger partial charge in [0.1, 0.15) is 12.1 Å². The second kappa shape index (κ2) is 3.50. The average Bonchev–Trinajstić information content (AvgIpc) is 2.48. The quantitative estimate of drug-likeness (QED) is 0.516. The van der Waals surface area contributed by atoms with Crippen LogP contribution >= 0.6 is 0 Å². The van der Waals surface area contributed by atoms with E-state index in [0.29, 0.717) is 0 Å². The molecule has 0 saturated carbocycles. The summed E-state index contributed by atoms with van der Waals surface area (Å²) in [6.07, 6.45) is -0.0227. The Bertz CT molecular complexity index is 311. The summed E-state index contributed by atoms with van der Waals surface area (Å²) < 4.78 is 1.27. The molecule has 7 nitrogen and oxygen atoms in total. The van der Waals surface area contributed by atoms with Crippen molar-refractivity contribution in [3.8, 4) is 0 Å². The summed E-state index contributed by atoms with van der Waals surface area (Å²) in [6, 6.07) is -1.36. The minimum absolute atomic E-state index is 0.273. The van der Waals surface area contributed by atoms with Gasteiger partial charge in [0, 0.05) is 7.05 Å². The van der Waals surface area contributed by atoms with E-state index in [1.54, 1.807) is 7.05 Å². The highest BCUT2D eigenvalue weighted by molar-refractivity contribution is 5.74. The number of aryl methyl sites for hydroxylation is 1. The average molecular weight is 186 g/mol. The smallest absolute Gasteiger partial charge is 0.323 e. The summed E-state index contributed by atoms with van der Waals surface area (Å²) in [7, 11) is 1.54. The molecular formula is C6H10N4O3. The number of carbonyl (C=O) groups is 1. The molecule has 0 fully saturated rings. The molecule has 13 heavy (non-hydrogen) atoms. The molecule has 1 heterocycles. The Morgan fingerprint density at radius 2 is 2.38 bits per heavy atom. The number of carboxylic acid groups (broad SMARTS) is 1. The molecule has 0 aliphatic heterocycles. The molecule has 0 radical (unpaired) electrons. The van der Waals surface area contributed by atoms with Crippen LogP contribution in [0.5, 0.6) is 0 Å². The number of nitrogens with two attached hydrogens (primary N) is 1. The maximum absolute atomic E-state index is 10.4. The van der Waals surface area contributed by atoms with Gasteiger partial charge in [0.25, 0.3) is 0 Å². The van der Waals surface area contributed by atoms with Crippen molar-refractivity contribution in [1.29, 1.82) is 0 Å². The predicted molar refractivity (Wildman–Crippen MR) is 41.6 cm³/mol. The zero-order chi connectivity index (χ0) is 10.0. The largest absolute Gasteiger partial charge is 0.480 e. The van der Waals surface area contributed by atoms with Crippen LogP contribution in [0.4, 0.5) is 0 Å². The van der Waals surface area contributed by atoms with E-state index >= 15 is 0 Å². The van der Waals surface area contributed by atoms with Gasteiger partial charge in [-0.15, -0.1) is 5.10 Å². The van der Waals surface area contributed by atoms with Gasteiger partial charge in [0.15, 0.2) is 0 Å². The van der Waals surface area contributed by atoms with Crippen molar-refractivity contribution in [2.75, 3.05) is 0 Å². The lowest BCUT2D eigenvalue weighted by atomic mass is 10.1. The lowest BCUT2D eigenvalue weighted by Gasteiger charge is -2.13. The molecule has 1 aromatic heterocycles. The number of rotatable bonds is 3. The fourth-order valence-corrected chi connectivity index (χ4v) is 0.884. The van der Waals surface area contributed by atoms with Crippen LogP contribution in [0.1, 0.15) is 11.8 Å². The molecule has 4 N–H and O–H groups in total. The van der Waals surface area contributed by atoms with Gasteiger partial charge in [0.2, 0.25) is 0 Å². The Balaban J connectivity index is 2.85. The summed E-state index contributed by atoms with van der Waals surface area (Å²) in [6.45, 7) is 0. The molecule has 0 amide bonds. The zero-order valence-electron chi connectivity index (χ0n) is 6.95. The number of carboxylic acids is 1. The van der Waals surface area contributed by atoms with Gasteiger partial charge in [-0.2, -0.15) is 0 Å². The van der Waals surface area contributed by atoms with Crippen LogP contribution in [-0.2, 0) is 11.8 Å². The Hall–Kier alpha value is -1.47. The number of aromatic nitrogens is 3. The molecule has 0 spiro atoms. The molecule has 7 heteroatoms. The first-order valence-corrected chi connectivity index (χ1v) is 3.55. The Morgan fingerprint density at radius 3 is 2.77 bits per heavy atom. The van der Waals surface area contributed by atoms with E-state index in [1.807, 2.05) is 0 Å². The van der Waals surface area contributed by atoms with E-state index in [0.717, 1.165) is 0 Å². The zero-order valence-corrected chi connectivity index (χ0v) is 6.95. The maximum atomic E-state index is 10.4. The van der Waals surface area contributed by atoms with Crippen LogP contribution in [0.2, 0.25) is 0 Å². The van der Waals surface area contributed by atoms with Gasteiger partial charge in [-0.1, -0.05) is 5.21 Å². The monoisotopic (exact) mass is 186 g/mol. The standard InChI is InChI=1S/C6H10N4O3/c1-10-3(2-8-9-10)5(11)4(7)6(12)13/h2,4-5,11H,7H2,1H3,(H,12,13). The van der Waals surface area contributed by atoms with Crippen molar-refractivity contribution in [3.05, 3.63) is 11.9 Å². The summed E-state index contributed by atoms with van der Waals surface area (Å²) >= 11 is 0. The molecular weight excluding hydrogens is 176 g/mol. The van der Waals surface area contributed by atoms with Crippen LogP contribution in [0, 0.1) is 0 Å². The highest BCUT2D eigenvalue weighted by Gasteiger charge is 2.25. The third-order valence-electron chi connectivity index (χ3n) is 1.68. The molecule has 0 aliphatic carbocycles. The Kier molecular flexibility index (Phi) is 2.59. The van der Waals surface area contributed by atoms with E-state index in [9.17, 15) is 9.90 Å². The van der Waals surface area contributed by atoms with E-state index < -0.39 is 18.1 Å². The van der Waals surface area contributed by atoms with Gasteiger partial charge in [-0.3, -0.25) is 4.79 Å². The first-order chi connectivity index (χ1) is 6.04. The molecule has 0 aliphatic rings. The molecule has 0 bridgehead atoms. The first-order valence-electron chi connectivity index (χ1n) is 3.55. The van der Waals surface area contributed by atoms with Crippen LogP contribution in [0.3, 0.4) is 0 Å². The van der Waals surface area contributed by atoms with Gasteiger partial charge in [-0.25, -0.2) is 4.68 Å². The van der Waals surface area contributed by atoms with E-state index in [1.165, 1.54) is 10.9 Å². The normalized spacial score (nSPS) is 15.3. The summed E-state index contributed by atoms with van der Waals surface area (Å²) in [5, 5.41) is 25.0. The maximum Gasteiger partial charge on any atom is 0.323 e. The van der Waals surface area contributed by atoms with Gasteiger partial charge >= 0.3 is 5.97 Å². The van der Waals surface area contributed by atoms with Crippen molar-refractivity contribution in [3.63, 3.8) is 0 Å². The molecule has 1 rings (SSSR count). The van der Waals surface area contributed by atoms with Crippen molar-refractivity contribution >= 4 is 5.97 Å². The lowest BCUT2D eigenvalue weighted by molar-refractivity contribution is -0.141. The Labute approximate surface area is 73.8 Å². The van der Waals surface area contributed by atoms with Crippen molar-refractivity contribution in [2.24, 2.45) is 12.8 Å². The van der Waals surface area contributed by atoms with Crippen LogP contribution in [0.25, 0.3) is 0 Å². The molecule has 0 saturated heterocycles. The summed E-state index contributed by atoms with van der Waals surface area (Å²) in [4.78, 5) is 10.4. The fraction of sp³-hybridized carbons (Fsp3) is 0.500. The minimum Gasteiger partial charge on any atom is -0.480 e. The SMILES string of the molecule is Cn1nncc1C(O)C(N)C(=O)O. The predicted octanol–water partition coefficient (Wildman–Crippen LogP) is -1.74. The van der Waals surface area contributed by atoms with E-state index in [2.05, 4.69) is 10.3 Å².